The molecule has 1 atom stereocenters. The standard InChI is InChI=1S/C13H12N2O6S/c1-22-5-4-10(13(18)19)14-11(16)8-3-2-7(15(20)21)6-9(8)12(14)17/h2-3,6,10H,4-5H2,1H3,(H,18,19)/t10-/m1/s1. The number of fused-ring (bicyclic) bond motifs is 1. The Kier molecular flexibility index (Phi) is 4.45. The van der Waals surface area contributed by atoms with Gasteiger partial charge < -0.3 is 5.11 Å². The molecule has 0 aromatic heterocycles. The highest BCUT2D eigenvalue weighted by Crippen LogP contribution is 2.29. The van der Waals surface area contributed by atoms with E-state index in [-0.39, 0.29) is 23.2 Å². The van der Waals surface area contributed by atoms with Crippen molar-refractivity contribution in [2.24, 2.45) is 0 Å². The van der Waals surface area contributed by atoms with Crippen LogP contribution in [-0.2, 0) is 4.79 Å². The van der Waals surface area contributed by atoms with Crippen LogP contribution in [0.25, 0.3) is 0 Å². The van der Waals surface area contributed by atoms with Crippen molar-refractivity contribution in [2.45, 2.75) is 12.5 Å². The largest absolute Gasteiger partial charge is 0.480 e. The number of nitro benzene ring substituents is 1. The van der Waals surface area contributed by atoms with Gasteiger partial charge in [-0.05, 0) is 24.5 Å². The number of nitro groups is 1. The first-order valence-corrected chi connectivity index (χ1v) is 7.66. The summed E-state index contributed by atoms with van der Waals surface area (Å²) in [6.07, 6.45) is 1.90. The Morgan fingerprint density at radius 2 is 2.00 bits per heavy atom. The van der Waals surface area contributed by atoms with Crippen molar-refractivity contribution in [3.63, 3.8) is 0 Å². The minimum Gasteiger partial charge on any atom is -0.480 e. The van der Waals surface area contributed by atoms with Gasteiger partial charge in [0.15, 0.2) is 0 Å². The lowest BCUT2D eigenvalue weighted by atomic mass is 10.1. The Hall–Kier alpha value is -2.42. The molecular weight excluding hydrogens is 312 g/mol. The number of carboxylic acid groups (broad SMARTS) is 1. The highest BCUT2D eigenvalue weighted by atomic mass is 32.2. The summed E-state index contributed by atoms with van der Waals surface area (Å²) in [5.41, 5.74) is -0.460. The van der Waals surface area contributed by atoms with E-state index in [1.165, 1.54) is 17.8 Å². The topological polar surface area (TPSA) is 118 Å². The summed E-state index contributed by atoms with van der Waals surface area (Å²) in [5.74, 6) is -2.36. The van der Waals surface area contributed by atoms with Crippen LogP contribution in [0, 0.1) is 10.1 Å². The van der Waals surface area contributed by atoms with Gasteiger partial charge in [-0.2, -0.15) is 11.8 Å². The van der Waals surface area contributed by atoms with Crippen LogP contribution >= 0.6 is 11.8 Å². The van der Waals surface area contributed by atoms with E-state index in [9.17, 15) is 29.6 Å². The predicted molar refractivity (Wildman–Crippen MR) is 78.0 cm³/mol. The summed E-state index contributed by atoms with van der Waals surface area (Å²) in [4.78, 5) is 46.7. The number of non-ortho nitro benzene ring substituents is 1. The van der Waals surface area contributed by atoms with Gasteiger partial charge in [-0.1, -0.05) is 0 Å². The summed E-state index contributed by atoms with van der Waals surface area (Å²) in [6.45, 7) is 0. The second-order valence-corrected chi connectivity index (χ2v) is 5.59. The van der Waals surface area contributed by atoms with Crippen molar-refractivity contribution in [3.05, 3.63) is 39.4 Å². The maximum atomic E-state index is 12.3. The molecular formula is C13H12N2O6S. The van der Waals surface area contributed by atoms with Crippen LogP contribution in [0.1, 0.15) is 27.1 Å². The Labute approximate surface area is 129 Å². The van der Waals surface area contributed by atoms with E-state index in [4.69, 9.17) is 0 Å². The molecule has 2 amide bonds. The number of amides is 2. The maximum Gasteiger partial charge on any atom is 0.326 e. The molecule has 0 saturated heterocycles. The molecule has 0 fully saturated rings. The van der Waals surface area contributed by atoms with Crippen LogP contribution in [0.3, 0.4) is 0 Å². The zero-order chi connectivity index (χ0) is 16.4. The molecule has 1 aromatic carbocycles. The molecule has 1 aliphatic heterocycles. The lowest BCUT2D eigenvalue weighted by Crippen LogP contribution is -2.45. The molecule has 1 aliphatic rings. The Morgan fingerprint density at radius 3 is 2.55 bits per heavy atom. The number of carboxylic acids is 1. The fourth-order valence-electron chi connectivity index (χ4n) is 2.24. The van der Waals surface area contributed by atoms with Gasteiger partial charge in [0.25, 0.3) is 17.5 Å². The normalized spacial score (nSPS) is 14.9. The number of thioether (sulfide) groups is 1. The fourth-order valence-corrected chi connectivity index (χ4v) is 2.70. The lowest BCUT2D eigenvalue weighted by Gasteiger charge is -2.22. The van der Waals surface area contributed by atoms with Gasteiger partial charge in [0.1, 0.15) is 6.04 Å². The van der Waals surface area contributed by atoms with Crippen molar-refractivity contribution >= 4 is 35.2 Å². The van der Waals surface area contributed by atoms with Crippen LogP contribution in [0.15, 0.2) is 18.2 Å². The van der Waals surface area contributed by atoms with E-state index >= 15 is 0 Å². The summed E-state index contributed by atoms with van der Waals surface area (Å²) in [7, 11) is 0. The first kappa shape index (κ1) is 16.0. The first-order valence-electron chi connectivity index (χ1n) is 6.26. The minimum absolute atomic E-state index is 0.00833. The molecule has 0 bridgehead atoms. The van der Waals surface area contributed by atoms with Gasteiger partial charge in [0, 0.05) is 12.1 Å². The quantitative estimate of drug-likeness (QED) is 0.477. The predicted octanol–water partition coefficient (Wildman–Crippen LogP) is 1.40. The zero-order valence-electron chi connectivity index (χ0n) is 11.5. The number of carbonyl (C=O) groups is 3. The third kappa shape index (κ3) is 2.67. The van der Waals surface area contributed by atoms with Gasteiger partial charge in [0.05, 0.1) is 16.1 Å². The summed E-state index contributed by atoms with van der Waals surface area (Å²) in [5, 5.41) is 20.0. The van der Waals surface area contributed by atoms with E-state index in [0.717, 1.165) is 12.1 Å². The number of imide groups is 1. The molecule has 2 rings (SSSR count). The summed E-state index contributed by atoms with van der Waals surface area (Å²) in [6, 6.07) is 2.02. The van der Waals surface area contributed by atoms with Crippen LogP contribution in [0.5, 0.6) is 0 Å². The van der Waals surface area contributed by atoms with Crippen molar-refractivity contribution in [1.29, 1.82) is 0 Å². The second kappa shape index (κ2) is 6.14. The first-order chi connectivity index (χ1) is 10.4. The number of benzene rings is 1. The lowest BCUT2D eigenvalue weighted by molar-refractivity contribution is -0.384. The van der Waals surface area contributed by atoms with E-state index in [1.54, 1.807) is 6.26 Å². The maximum absolute atomic E-state index is 12.3. The van der Waals surface area contributed by atoms with E-state index in [1.807, 2.05) is 0 Å². The number of hydrogen-bond acceptors (Lipinski definition) is 6. The van der Waals surface area contributed by atoms with Gasteiger partial charge in [-0.15, -0.1) is 0 Å². The summed E-state index contributed by atoms with van der Waals surface area (Å²) < 4.78 is 0. The van der Waals surface area contributed by atoms with E-state index in [0.29, 0.717) is 10.7 Å². The SMILES string of the molecule is CSCC[C@H](C(=O)O)N1C(=O)c2ccc([N+](=O)[O-])cc2C1=O. The van der Waals surface area contributed by atoms with Gasteiger partial charge >= 0.3 is 5.97 Å². The molecule has 116 valence electrons. The smallest absolute Gasteiger partial charge is 0.326 e. The summed E-state index contributed by atoms with van der Waals surface area (Å²) >= 11 is 1.40. The van der Waals surface area contributed by atoms with Crippen LogP contribution < -0.4 is 0 Å². The fraction of sp³-hybridized carbons (Fsp3) is 0.308. The average molecular weight is 324 g/mol. The number of hydrogen-bond donors (Lipinski definition) is 1. The second-order valence-electron chi connectivity index (χ2n) is 4.60. The highest BCUT2D eigenvalue weighted by Gasteiger charge is 2.43. The monoisotopic (exact) mass is 324 g/mol. The molecule has 0 spiro atoms. The van der Waals surface area contributed by atoms with Gasteiger partial charge in [0.2, 0.25) is 0 Å². The number of rotatable bonds is 6. The zero-order valence-corrected chi connectivity index (χ0v) is 12.3. The third-order valence-corrected chi connectivity index (χ3v) is 3.95. The molecule has 0 saturated carbocycles. The van der Waals surface area contributed by atoms with E-state index in [2.05, 4.69) is 0 Å². The number of carbonyl (C=O) groups excluding carboxylic acids is 2. The minimum atomic E-state index is -1.28. The average Bonchev–Trinajstić information content (AvgIpc) is 2.72. The Bertz CT molecular complexity index is 674. The third-order valence-electron chi connectivity index (χ3n) is 3.30. The van der Waals surface area contributed by atoms with Crippen molar-refractivity contribution in [2.75, 3.05) is 12.0 Å². The molecule has 0 aliphatic carbocycles. The Morgan fingerprint density at radius 1 is 1.36 bits per heavy atom. The van der Waals surface area contributed by atoms with E-state index < -0.39 is 28.7 Å². The molecule has 9 heteroatoms. The molecule has 8 nitrogen and oxygen atoms in total. The number of nitrogens with zero attached hydrogens (tertiary/aromatic N) is 2. The van der Waals surface area contributed by atoms with Gasteiger partial charge in [-0.3, -0.25) is 24.6 Å². The van der Waals surface area contributed by atoms with Crippen molar-refractivity contribution in [3.8, 4) is 0 Å². The Balaban J connectivity index is 2.40. The van der Waals surface area contributed by atoms with Crippen LogP contribution in [0.2, 0.25) is 0 Å². The molecule has 0 unspecified atom stereocenters. The molecule has 22 heavy (non-hydrogen) atoms. The molecule has 1 aromatic rings. The molecule has 1 heterocycles. The van der Waals surface area contributed by atoms with Crippen LogP contribution in [0.4, 0.5) is 5.69 Å². The number of aliphatic carboxylic acids is 1. The van der Waals surface area contributed by atoms with Crippen LogP contribution in [-0.4, -0.2) is 50.8 Å². The van der Waals surface area contributed by atoms with Crippen molar-refractivity contribution < 1.29 is 24.4 Å². The van der Waals surface area contributed by atoms with Crippen molar-refractivity contribution in [1.82, 2.24) is 4.90 Å². The highest BCUT2D eigenvalue weighted by molar-refractivity contribution is 7.98. The van der Waals surface area contributed by atoms with Gasteiger partial charge in [-0.25, -0.2) is 4.79 Å². The molecule has 1 N–H and O–H groups in total. The molecule has 0 radical (unpaired) electrons.